The molecule has 1 aliphatic heterocycles. The standard InChI is InChI=1S/C48H56F4N8O9/c1-27-24-33(40(62)54-35-20-22-60(23-21-35)45(66)67)16-19-36(27)30-10-6-28(7-11-30)25-37(56-39(61)32-12-8-29(9-13-32)26-53-44(65)69-46(2,3)4)41(63)55-34-17-14-31(15-18-34)38-57-42(59-58-38)47(49,50)48(51,52)43(64)68-5/h6-7,10-11,14-19,24,29,32,35,37H,8-9,12-13,20-23,25-26H2,1-5H3,(H,53,65)(H,54,62)(H,55,63)(H,56,61)(H,66,67)(H,57,58,59)/t29?,32?,37-/m0/s1. The van der Waals surface area contributed by atoms with Crippen LogP contribution in [0, 0.1) is 18.8 Å². The molecule has 17 nitrogen and oxygen atoms in total. The van der Waals surface area contributed by atoms with E-state index < -0.39 is 65.1 Å². The van der Waals surface area contributed by atoms with Crippen LogP contribution in [0.25, 0.3) is 22.5 Å². The number of benzene rings is 3. The number of esters is 1. The molecule has 1 aromatic heterocycles. The molecule has 1 saturated heterocycles. The number of anilines is 1. The maximum atomic E-state index is 14.6. The summed E-state index contributed by atoms with van der Waals surface area (Å²) in [4.78, 5) is 80.6. The van der Waals surface area contributed by atoms with Gasteiger partial charge in [-0.1, -0.05) is 30.3 Å². The number of hydrogen-bond donors (Lipinski definition) is 6. The van der Waals surface area contributed by atoms with Crippen LogP contribution in [-0.4, -0.2) is 111 Å². The number of carbonyl (C=O) groups excluding carboxylic acids is 5. The molecule has 2 aliphatic rings. The fourth-order valence-electron chi connectivity index (χ4n) is 8.21. The van der Waals surface area contributed by atoms with Crippen LogP contribution in [0.4, 0.5) is 32.8 Å². The molecule has 6 rings (SSSR count). The monoisotopic (exact) mass is 964 g/mol. The van der Waals surface area contributed by atoms with Crippen LogP contribution in [-0.2, 0) is 36.2 Å². The van der Waals surface area contributed by atoms with Crippen molar-refractivity contribution in [3.8, 4) is 22.5 Å². The molecule has 370 valence electrons. The van der Waals surface area contributed by atoms with Gasteiger partial charge in [-0.15, -0.1) is 0 Å². The van der Waals surface area contributed by atoms with Gasteiger partial charge in [0.15, 0.2) is 5.82 Å². The third-order valence-electron chi connectivity index (χ3n) is 12.1. The molecule has 1 saturated carbocycles. The molecule has 0 radical (unpaired) electrons. The molecule has 21 heteroatoms. The number of carbonyl (C=O) groups is 6. The van der Waals surface area contributed by atoms with Crippen LogP contribution in [0.5, 0.6) is 0 Å². The second-order valence-electron chi connectivity index (χ2n) is 18.3. The molecule has 2 heterocycles. The first-order chi connectivity index (χ1) is 32.5. The highest BCUT2D eigenvalue weighted by Crippen LogP contribution is 2.42. The van der Waals surface area contributed by atoms with Crippen LogP contribution in [0.2, 0.25) is 0 Å². The van der Waals surface area contributed by atoms with Crippen molar-refractivity contribution in [1.29, 1.82) is 0 Å². The topological polar surface area (TPSA) is 234 Å². The molecule has 0 spiro atoms. The number of piperidine rings is 1. The zero-order chi connectivity index (χ0) is 50.3. The van der Waals surface area contributed by atoms with Crippen molar-refractivity contribution >= 4 is 41.6 Å². The summed E-state index contributed by atoms with van der Waals surface area (Å²) in [5.74, 6) is -16.1. The molecule has 1 aliphatic carbocycles. The first kappa shape index (κ1) is 51.3. The van der Waals surface area contributed by atoms with E-state index in [0.717, 1.165) is 16.7 Å². The Kier molecular flexibility index (Phi) is 16.0. The Balaban J connectivity index is 1.13. The number of alkyl carbamates (subject to hydrolysis) is 1. The number of H-pyrrole nitrogens is 1. The Morgan fingerprint density at radius 2 is 1.51 bits per heavy atom. The second-order valence-corrected chi connectivity index (χ2v) is 18.3. The number of hydrogen-bond acceptors (Lipinski definition) is 10. The largest absolute Gasteiger partial charge is 0.465 e. The summed E-state index contributed by atoms with van der Waals surface area (Å²) < 4.78 is 66.7. The number of methoxy groups -OCH3 is 1. The van der Waals surface area contributed by atoms with E-state index in [9.17, 15) is 51.4 Å². The summed E-state index contributed by atoms with van der Waals surface area (Å²) in [6, 6.07) is 17.1. The van der Waals surface area contributed by atoms with E-state index in [2.05, 4.69) is 36.1 Å². The quantitative estimate of drug-likeness (QED) is 0.0514. The number of nitrogens with one attached hydrogen (secondary N) is 5. The molecule has 1 atom stereocenters. The van der Waals surface area contributed by atoms with Crippen molar-refractivity contribution in [3.05, 3.63) is 89.2 Å². The summed E-state index contributed by atoms with van der Waals surface area (Å²) in [5, 5.41) is 26.1. The Bertz CT molecular complexity index is 2500. The normalized spacial score (nSPS) is 17.3. The van der Waals surface area contributed by atoms with Gasteiger partial charge in [0, 0.05) is 54.8 Å². The van der Waals surface area contributed by atoms with Crippen molar-refractivity contribution in [2.45, 2.75) is 102 Å². The zero-order valence-corrected chi connectivity index (χ0v) is 38.8. The number of ether oxygens (including phenoxy) is 2. The van der Waals surface area contributed by atoms with E-state index in [4.69, 9.17) is 4.74 Å². The lowest BCUT2D eigenvalue weighted by Gasteiger charge is -2.30. The lowest BCUT2D eigenvalue weighted by atomic mass is 9.81. The number of carboxylic acid groups (broad SMARTS) is 1. The summed E-state index contributed by atoms with van der Waals surface area (Å²) in [6.07, 6.45) is 2.01. The van der Waals surface area contributed by atoms with E-state index in [1.54, 1.807) is 38.0 Å². The number of rotatable bonds is 15. The minimum Gasteiger partial charge on any atom is -0.465 e. The van der Waals surface area contributed by atoms with Crippen molar-refractivity contribution < 1.29 is 60.9 Å². The lowest BCUT2D eigenvalue weighted by molar-refractivity contribution is -0.233. The van der Waals surface area contributed by atoms with Crippen molar-refractivity contribution in [2.24, 2.45) is 11.8 Å². The number of likely N-dealkylation sites (tertiary alicyclic amines) is 1. The molecule has 4 aromatic rings. The average Bonchev–Trinajstić information content (AvgIpc) is 3.82. The molecule has 69 heavy (non-hydrogen) atoms. The molecule has 2 fully saturated rings. The summed E-state index contributed by atoms with van der Waals surface area (Å²) in [5.41, 5.74) is 3.43. The number of halogens is 4. The Labute approximate surface area is 395 Å². The second kappa shape index (κ2) is 21.5. The highest BCUT2D eigenvalue weighted by atomic mass is 19.3. The van der Waals surface area contributed by atoms with Crippen LogP contribution in [0.15, 0.2) is 66.7 Å². The third-order valence-corrected chi connectivity index (χ3v) is 12.1. The summed E-state index contributed by atoms with van der Waals surface area (Å²) in [6.45, 7) is 8.30. The molecule has 6 N–H and O–H groups in total. The number of amides is 5. The third kappa shape index (κ3) is 12.9. The van der Waals surface area contributed by atoms with Crippen LogP contribution in [0.3, 0.4) is 0 Å². The number of aromatic amines is 1. The Hall–Kier alpha value is -7.06. The van der Waals surface area contributed by atoms with Gasteiger partial charge >= 0.3 is 30.0 Å². The van der Waals surface area contributed by atoms with Crippen molar-refractivity contribution in [2.75, 3.05) is 32.1 Å². The highest BCUT2D eigenvalue weighted by Gasteiger charge is 2.66. The maximum absolute atomic E-state index is 14.6. The van der Waals surface area contributed by atoms with Gasteiger partial charge in [-0.2, -0.15) is 22.7 Å². The number of nitrogens with zero attached hydrogens (tertiary/aromatic N) is 3. The molecule has 5 amide bonds. The van der Waals surface area contributed by atoms with Gasteiger partial charge in [0.2, 0.25) is 17.6 Å². The van der Waals surface area contributed by atoms with Gasteiger partial charge in [0.05, 0.1) is 7.11 Å². The highest BCUT2D eigenvalue weighted by molar-refractivity contribution is 5.98. The summed E-state index contributed by atoms with van der Waals surface area (Å²) >= 11 is 0. The van der Waals surface area contributed by atoms with Gasteiger partial charge in [-0.25, -0.2) is 19.4 Å². The van der Waals surface area contributed by atoms with Crippen molar-refractivity contribution in [3.63, 3.8) is 0 Å². The minimum absolute atomic E-state index is 0.0823. The minimum atomic E-state index is -5.24. The van der Waals surface area contributed by atoms with Crippen LogP contribution in [0.1, 0.15) is 86.6 Å². The molecular formula is C48H56F4N8O9. The number of aryl methyl sites for hydroxylation is 1. The fraction of sp³-hybridized carbons (Fsp3) is 0.458. The maximum Gasteiger partial charge on any atom is 0.412 e. The van der Waals surface area contributed by atoms with Gasteiger partial charge in [0.1, 0.15) is 11.6 Å². The van der Waals surface area contributed by atoms with E-state index >= 15 is 0 Å². The predicted octanol–water partition coefficient (Wildman–Crippen LogP) is 7.22. The first-order valence-electron chi connectivity index (χ1n) is 22.5. The SMILES string of the molecule is COC(=O)C(F)(F)C(F)(F)c1nc(-c2ccc(NC(=O)[C@H](Cc3ccc(-c4ccc(C(=O)NC5CCN(C(=O)O)CC5)cc4C)cc3)NC(=O)C3CCC(CNC(=O)OC(C)(C)C)CC3)cc2)n[nH]1. The average molecular weight is 965 g/mol. The van der Waals surface area contributed by atoms with Gasteiger partial charge < -0.3 is 40.7 Å². The number of aromatic nitrogens is 3. The molecule has 0 bridgehead atoms. The zero-order valence-electron chi connectivity index (χ0n) is 38.8. The predicted molar refractivity (Wildman–Crippen MR) is 243 cm³/mol. The Morgan fingerprint density at radius 1 is 0.870 bits per heavy atom. The van der Waals surface area contributed by atoms with Crippen LogP contribution < -0.4 is 21.3 Å². The van der Waals surface area contributed by atoms with Crippen LogP contribution >= 0.6 is 0 Å². The summed E-state index contributed by atoms with van der Waals surface area (Å²) in [7, 11) is 0.545. The number of alkyl halides is 4. The van der Waals surface area contributed by atoms with E-state index in [1.807, 2.05) is 37.3 Å². The smallest absolute Gasteiger partial charge is 0.412 e. The van der Waals surface area contributed by atoms with E-state index in [1.165, 1.54) is 29.2 Å². The van der Waals surface area contributed by atoms with E-state index in [0.29, 0.717) is 76.4 Å². The first-order valence-corrected chi connectivity index (χ1v) is 22.5. The van der Waals surface area contributed by atoms with E-state index in [-0.39, 0.29) is 41.4 Å². The Morgan fingerprint density at radius 3 is 2.10 bits per heavy atom. The van der Waals surface area contributed by atoms with Gasteiger partial charge in [-0.3, -0.25) is 19.5 Å². The van der Waals surface area contributed by atoms with Gasteiger partial charge in [0.25, 0.3) is 5.91 Å². The molecule has 3 aromatic carbocycles. The lowest BCUT2D eigenvalue weighted by Crippen LogP contribution is -2.48. The fourth-order valence-corrected chi connectivity index (χ4v) is 8.21. The molecule has 0 unspecified atom stereocenters. The molecular weight excluding hydrogens is 909 g/mol. The van der Waals surface area contributed by atoms with Crippen molar-refractivity contribution in [1.82, 2.24) is 36.0 Å². The van der Waals surface area contributed by atoms with Gasteiger partial charge in [-0.05, 0) is 131 Å².